The van der Waals surface area contributed by atoms with Crippen molar-refractivity contribution in [3.8, 4) is 11.8 Å². The van der Waals surface area contributed by atoms with E-state index in [1.54, 1.807) is 6.07 Å². The molecule has 100 valence electrons. The quantitative estimate of drug-likeness (QED) is 0.919. The fourth-order valence-corrected chi connectivity index (χ4v) is 2.17. The van der Waals surface area contributed by atoms with E-state index in [-0.39, 0.29) is 11.7 Å². The molecule has 1 fully saturated rings. The number of aryl methyl sites for hydroxylation is 1. The summed E-state index contributed by atoms with van der Waals surface area (Å²) >= 11 is 0. The van der Waals surface area contributed by atoms with Gasteiger partial charge in [0.15, 0.2) is 0 Å². The highest BCUT2D eigenvalue weighted by atomic mass is 16.4. The average molecular weight is 268 g/mol. The van der Waals surface area contributed by atoms with Gasteiger partial charge in [-0.25, -0.2) is 14.5 Å². The first-order valence-electron chi connectivity index (χ1n) is 6.32. The molecule has 6 nitrogen and oxygen atoms in total. The van der Waals surface area contributed by atoms with Crippen molar-refractivity contribution < 1.29 is 9.90 Å². The summed E-state index contributed by atoms with van der Waals surface area (Å²) in [7, 11) is 0. The van der Waals surface area contributed by atoms with Gasteiger partial charge in [-0.05, 0) is 31.4 Å². The Kier molecular flexibility index (Phi) is 2.75. The number of carboxylic acid groups (broad SMARTS) is 1. The van der Waals surface area contributed by atoms with Gasteiger partial charge in [0.05, 0.1) is 11.3 Å². The lowest BCUT2D eigenvalue weighted by Crippen LogP contribution is -2.06. The van der Waals surface area contributed by atoms with Crippen LogP contribution in [-0.2, 0) is 0 Å². The summed E-state index contributed by atoms with van der Waals surface area (Å²) in [5, 5.41) is 22.4. The third-order valence-electron chi connectivity index (χ3n) is 3.36. The minimum Gasteiger partial charge on any atom is -0.475 e. The van der Waals surface area contributed by atoms with Gasteiger partial charge in [0.1, 0.15) is 11.9 Å². The molecule has 20 heavy (non-hydrogen) atoms. The third-order valence-corrected chi connectivity index (χ3v) is 3.36. The average Bonchev–Trinajstić information content (AvgIpc) is 3.17. The minimum absolute atomic E-state index is 0.225. The zero-order valence-corrected chi connectivity index (χ0v) is 10.9. The molecule has 3 rings (SSSR count). The summed E-state index contributed by atoms with van der Waals surface area (Å²) in [6.45, 7) is 1.84. The summed E-state index contributed by atoms with van der Waals surface area (Å²) in [6, 6.07) is 7.58. The first kappa shape index (κ1) is 12.4. The maximum atomic E-state index is 11.1. The maximum Gasteiger partial charge on any atom is 0.375 e. The van der Waals surface area contributed by atoms with Gasteiger partial charge in [-0.15, -0.1) is 5.10 Å². The zero-order valence-electron chi connectivity index (χ0n) is 10.9. The molecule has 0 spiro atoms. The predicted octanol–water partition coefficient (Wildman–Crippen LogP) is 2.02. The molecular formula is C14H12N4O2. The molecule has 0 unspecified atom stereocenters. The summed E-state index contributed by atoms with van der Waals surface area (Å²) in [5.41, 5.74) is 1.92. The van der Waals surface area contributed by atoms with Gasteiger partial charge in [-0.1, -0.05) is 12.1 Å². The van der Waals surface area contributed by atoms with Crippen LogP contribution in [0.1, 0.15) is 46.3 Å². The number of aromatic carboxylic acids is 1. The van der Waals surface area contributed by atoms with E-state index in [0.29, 0.717) is 17.1 Å². The summed E-state index contributed by atoms with van der Waals surface area (Å²) in [4.78, 5) is 15.2. The molecule has 1 heterocycles. The predicted molar refractivity (Wildman–Crippen MR) is 69.7 cm³/mol. The van der Waals surface area contributed by atoms with Gasteiger partial charge < -0.3 is 5.11 Å². The molecule has 0 bridgehead atoms. The number of carbonyl (C=O) groups is 1. The molecule has 0 saturated heterocycles. The van der Waals surface area contributed by atoms with Gasteiger partial charge >= 0.3 is 5.97 Å². The molecule has 2 aromatic rings. The highest BCUT2D eigenvalue weighted by Crippen LogP contribution is 2.40. The summed E-state index contributed by atoms with van der Waals surface area (Å²) in [6.07, 6.45) is 1.96. The first-order valence-corrected chi connectivity index (χ1v) is 6.32. The lowest BCUT2D eigenvalue weighted by atomic mass is 10.1. The Hall–Kier alpha value is -2.68. The molecule has 1 aliphatic carbocycles. The van der Waals surface area contributed by atoms with Gasteiger partial charge in [0.2, 0.25) is 0 Å². The van der Waals surface area contributed by atoms with E-state index < -0.39 is 5.97 Å². The van der Waals surface area contributed by atoms with E-state index in [2.05, 4.69) is 16.2 Å². The van der Waals surface area contributed by atoms with E-state index in [1.807, 2.05) is 19.1 Å². The lowest BCUT2D eigenvalue weighted by Gasteiger charge is -2.08. The van der Waals surface area contributed by atoms with Crippen molar-refractivity contribution in [1.82, 2.24) is 14.8 Å². The van der Waals surface area contributed by atoms with Crippen molar-refractivity contribution >= 4 is 5.97 Å². The van der Waals surface area contributed by atoms with E-state index in [9.17, 15) is 10.1 Å². The Morgan fingerprint density at radius 1 is 1.50 bits per heavy atom. The van der Waals surface area contributed by atoms with Crippen LogP contribution in [0.5, 0.6) is 0 Å². The van der Waals surface area contributed by atoms with E-state index in [4.69, 9.17) is 5.11 Å². The monoisotopic (exact) mass is 268 g/mol. The molecule has 0 aliphatic heterocycles. The van der Waals surface area contributed by atoms with Crippen LogP contribution in [0.2, 0.25) is 0 Å². The SMILES string of the molecule is Cc1cccc(-n2nc(C(=O)O)nc2C2CC2)c1C#N. The van der Waals surface area contributed by atoms with Crippen LogP contribution >= 0.6 is 0 Å². The molecule has 1 aliphatic rings. The van der Waals surface area contributed by atoms with E-state index >= 15 is 0 Å². The van der Waals surface area contributed by atoms with E-state index in [1.165, 1.54) is 4.68 Å². The Morgan fingerprint density at radius 3 is 2.85 bits per heavy atom. The normalized spacial score (nSPS) is 14.0. The molecule has 0 atom stereocenters. The molecular weight excluding hydrogens is 256 g/mol. The van der Waals surface area contributed by atoms with Crippen LogP contribution in [0.3, 0.4) is 0 Å². The van der Waals surface area contributed by atoms with Crippen molar-refractivity contribution in [2.45, 2.75) is 25.7 Å². The molecule has 1 N–H and O–H groups in total. The van der Waals surface area contributed by atoms with Crippen LogP contribution in [0, 0.1) is 18.3 Å². The van der Waals surface area contributed by atoms with Crippen LogP contribution in [0.4, 0.5) is 0 Å². The fourth-order valence-electron chi connectivity index (χ4n) is 2.17. The summed E-state index contributed by atoms with van der Waals surface area (Å²) < 4.78 is 1.51. The van der Waals surface area contributed by atoms with Crippen LogP contribution in [-0.4, -0.2) is 25.8 Å². The number of benzene rings is 1. The van der Waals surface area contributed by atoms with Crippen LogP contribution in [0.15, 0.2) is 18.2 Å². The first-order chi connectivity index (χ1) is 9.61. The molecule has 1 aromatic carbocycles. The standard InChI is InChI=1S/C14H12N4O2/c1-8-3-2-4-11(10(8)7-15)18-13(9-5-6-9)16-12(17-18)14(19)20/h2-4,9H,5-6H2,1H3,(H,19,20). The Bertz CT molecular complexity index is 738. The Balaban J connectivity index is 2.22. The number of hydrogen-bond donors (Lipinski definition) is 1. The Morgan fingerprint density at radius 2 is 2.25 bits per heavy atom. The molecule has 6 heteroatoms. The van der Waals surface area contributed by atoms with Gasteiger partial charge in [-0.2, -0.15) is 5.26 Å². The van der Waals surface area contributed by atoms with Crippen LogP contribution in [0.25, 0.3) is 5.69 Å². The van der Waals surface area contributed by atoms with Crippen molar-refractivity contribution in [3.63, 3.8) is 0 Å². The second-order valence-corrected chi connectivity index (χ2v) is 4.87. The topological polar surface area (TPSA) is 91.8 Å². The highest BCUT2D eigenvalue weighted by molar-refractivity contribution is 5.83. The fraction of sp³-hybridized carbons (Fsp3) is 0.286. The van der Waals surface area contributed by atoms with Crippen LogP contribution < -0.4 is 0 Å². The number of nitrogens with zero attached hydrogens (tertiary/aromatic N) is 4. The zero-order chi connectivity index (χ0) is 14.3. The van der Waals surface area contributed by atoms with E-state index in [0.717, 1.165) is 18.4 Å². The molecule has 1 saturated carbocycles. The number of hydrogen-bond acceptors (Lipinski definition) is 4. The van der Waals surface area contributed by atoms with Crippen molar-refractivity contribution in [3.05, 3.63) is 41.0 Å². The van der Waals surface area contributed by atoms with Crippen molar-refractivity contribution in [2.75, 3.05) is 0 Å². The second kappa shape index (κ2) is 4.46. The van der Waals surface area contributed by atoms with Gasteiger partial charge in [0.25, 0.3) is 5.82 Å². The van der Waals surface area contributed by atoms with Gasteiger partial charge in [0, 0.05) is 5.92 Å². The number of nitriles is 1. The number of aromatic nitrogens is 3. The molecule has 0 radical (unpaired) electrons. The number of rotatable bonds is 3. The maximum absolute atomic E-state index is 11.1. The molecule has 0 amide bonds. The second-order valence-electron chi connectivity index (χ2n) is 4.87. The largest absolute Gasteiger partial charge is 0.475 e. The lowest BCUT2D eigenvalue weighted by molar-refractivity contribution is 0.0683. The van der Waals surface area contributed by atoms with Crippen molar-refractivity contribution in [1.29, 1.82) is 5.26 Å². The third kappa shape index (κ3) is 1.93. The Labute approximate surface area is 115 Å². The number of carboxylic acids is 1. The van der Waals surface area contributed by atoms with Gasteiger partial charge in [-0.3, -0.25) is 0 Å². The summed E-state index contributed by atoms with van der Waals surface area (Å²) in [5.74, 6) is -0.513. The highest BCUT2D eigenvalue weighted by Gasteiger charge is 2.32. The minimum atomic E-state index is -1.16. The smallest absolute Gasteiger partial charge is 0.375 e. The molecule has 1 aromatic heterocycles. The van der Waals surface area contributed by atoms with Crippen molar-refractivity contribution in [2.24, 2.45) is 0 Å².